The Morgan fingerprint density at radius 1 is 1.50 bits per heavy atom. The number of carbonyl (C=O) groups is 1. The van der Waals surface area contributed by atoms with Crippen LogP contribution < -0.4 is 0 Å². The van der Waals surface area contributed by atoms with E-state index in [0.29, 0.717) is 16.8 Å². The Morgan fingerprint density at radius 3 is 2.96 bits per heavy atom. The summed E-state index contributed by atoms with van der Waals surface area (Å²) >= 11 is 4.70. The summed E-state index contributed by atoms with van der Waals surface area (Å²) in [4.78, 5) is 18.2. The van der Waals surface area contributed by atoms with Crippen molar-refractivity contribution < 1.29 is 13.2 Å². The Balaban J connectivity index is 2.01. The van der Waals surface area contributed by atoms with Gasteiger partial charge >= 0.3 is 0 Å². The van der Waals surface area contributed by atoms with Gasteiger partial charge in [-0.25, -0.2) is 17.9 Å². The van der Waals surface area contributed by atoms with Crippen molar-refractivity contribution in [1.29, 1.82) is 0 Å². The monoisotopic (exact) mass is 433 g/mol. The second-order valence-corrected chi connectivity index (χ2v) is 9.08. The summed E-state index contributed by atoms with van der Waals surface area (Å²) in [5, 5.41) is 4.05. The molecule has 1 fully saturated rings. The fraction of sp³-hybridized carbons (Fsp3) is 0.462. The van der Waals surface area contributed by atoms with Crippen molar-refractivity contribution in [3.05, 3.63) is 23.1 Å². The molecule has 1 amide bonds. The van der Waals surface area contributed by atoms with Gasteiger partial charge in [0.25, 0.3) is 0 Å². The van der Waals surface area contributed by atoms with Gasteiger partial charge in [-0.1, -0.05) is 0 Å². The summed E-state index contributed by atoms with van der Waals surface area (Å²) in [6.45, 7) is 2.38. The van der Waals surface area contributed by atoms with Crippen LogP contribution in [0.1, 0.15) is 6.92 Å². The smallest absolute Gasteiger partial charge is 0.249 e. The highest BCUT2D eigenvalue weighted by Gasteiger charge is 2.42. The number of rotatable bonds is 4. The number of likely N-dealkylation sites (N-methyl/N-ethyl adjacent to an activating group) is 1. The Morgan fingerprint density at radius 2 is 2.25 bits per heavy atom. The number of fused-ring (bicyclic) bond motifs is 1. The minimum absolute atomic E-state index is 0.00875. The van der Waals surface area contributed by atoms with Crippen molar-refractivity contribution >= 4 is 49.3 Å². The predicted molar refractivity (Wildman–Crippen MR) is 94.1 cm³/mol. The molecule has 0 aromatic carbocycles. The van der Waals surface area contributed by atoms with E-state index >= 15 is 0 Å². The zero-order valence-corrected chi connectivity index (χ0v) is 16.3. The number of sulfonamides is 1. The number of thioether (sulfide) groups is 1. The first-order valence-electron chi connectivity index (χ1n) is 7.19. The molecule has 1 unspecified atom stereocenters. The third-order valence-corrected chi connectivity index (χ3v) is 7.29. The first-order chi connectivity index (χ1) is 11.4. The SMILES string of the molecule is CCN(C)C(=O)C1CSCN1S(=O)(=O)c1cnn2cc(Br)cnc12. The van der Waals surface area contributed by atoms with Gasteiger partial charge in [0.15, 0.2) is 5.65 Å². The van der Waals surface area contributed by atoms with Crippen LogP contribution in [0.15, 0.2) is 28.0 Å². The molecule has 1 saturated heterocycles. The Labute approximate surface area is 152 Å². The molecule has 1 atom stereocenters. The molecular formula is C13H16BrN5O3S2. The van der Waals surface area contributed by atoms with Crippen LogP contribution in [0, 0.1) is 0 Å². The molecule has 0 N–H and O–H groups in total. The molecular weight excluding hydrogens is 418 g/mol. The molecule has 1 aliphatic heterocycles. The molecule has 0 spiro atoms. The number of hydrogen-bond donors (Lipinski definition) is 0. The number of halogens is 1. The van der Waals surface area contributed by atoms with Crippen LogP contribution >= 0.6 is 27.7 Å². The van der Waals surface area contributed by atoms with Gasteiger partial charge < -0.3 is 4.90 Å². The zero-order chi connectivity index (χ0) is 17.5. The number of nitrogens with zero attached hydrogens (tertiary/aromatic N) is 5. The normalized spacial score (nSPS) is 19.0. The molecule has 3 rings (SSSR count). The van der Waals surface area contributed by atoms with E-state index in [1.807, 2.05) is 6.92 Å². The summed E-state index contributed by atoms with van der Waals surface area (Å²) < 4.78 is 29.4. The van der Waals surface area contributed by atoms with Crippen LogP contribution in [0.25, 0.3) is 5.65 Å². The van der Waals surface area contributed by atoms with Gasteiger partial charge in [0.1, 0.15) is 10.9 Å². The van der Waals surface area contributed by atoms with E-state index in [-0.39, 0.29) is 22.3 Å². The number of amides is 1. The summed E-state index contributed by atoms with van der Waals surface area (Å²) in [5.74, 6) is 0.489. The van der Waals surface area contributed by atoms with Crippen LogP contribution in [0.4, 0.5) is 0 Å². The lowest BCUT2D eigenvalue weighted by Gasteiger charge is -2.25. The quantitative estimate of drug-likeness (QED) is 0.715. The molecule has 8 nitrogen and oxygen atoms in total. The fourth-order valence-electron chi connectivity index (χ4n) is 2.41. The van der Waals surface area contributed by atoms with E-state index < -0.39 is 16.1 Å². The van der Waals surface area contributed by atoms with Gasteiger partial charge in [0.2, 0.25) is 15.9 Å². The summed E-state index contributed by atoms with van der Waals surface area (Å²) in [7, 11) is -2.20. The maximum absolute atomic E-state index is 13.1. The van der Waals surface area contributed by atoms with Crippen LogP contribution in [0.3, 0.4) is 0 Å². The summed E-state index contributed by atoms with van der Waals surface area (Å²) in [5.41, 5.74) is 0.241. The van der Waals surface area contributed by atoms with Crippen molar-refractivity contribution in [1.82, 2.24) is 23.8 Å². The van der Waals surface area contributed by atoms with Gasteiger partial charge in [0.05, 0.1) is 16.5 Å². The molecule has 2 aromatic rings. The molecule has 0 radical (unpaired) electrons. The van der Waals surface area contributed by atoms with Gasteiger partial charge in [-0.3, -0.25) is 4.79 Å². The Bertz CT molecular complexity index is 885. The molecule has 1 aliphatic rings. The largest absolute Gasteiger partial charge is 0.345 e. The lowest BCUT2D eigenvalue weighted by atomic mass is 10.3. The van der Waals surface area contributed by atoms with Gasteiger partial charge in [0, 0.05) is 31.7 Å². The predicted octanol–water partition coefficient (Wildman–Crippen LogP) is 1.03. The Hall–Kier alpha value is -1.17. The van der Waals surface area contributed by atoms with Crippen LogP contribution in [0.5, 0.6) is 0 Å². The van der Waals surface area contributed by atoms with Crippen molar-refractivity contribution in [2.24, 2.45) is 0 Å². The minimum Gasteiger partial charge on any atom is -0.345 e. The van der Waals surface area contributed by atoms with Gasteiger partial charge in [-0.05, 0) is 22.9 Å². The highest BCUT2D eigenvalue weighted by molar-refractivity contribution is 9.10. The molecule has 130 valence electrons. The van der Waals surface area contributed by atoms with E-state index in [4.69, 9.17) is 0 Å². The van der Waals surface area contributed by atoms with E-state index in [0.717, 1.165) is 0 Å². The molecule has 0 saturated carbocycles. The summed E-state index contributed by atoms with van der Waals surface area (Å²) in [6.07, 6.45) is 4.42. The fourth-order valence-corrected chi connectivity index (χ4v) is 5.90. The molecule has 3 heterocycles. The zero-order valence-electron chi connectivity index (χ0n) is 13.1. The van der Waals surface area contributed by atoms with Crippen LogP contribution in [-0.2, 0) is 14.8 Å². The number of hydrogen-bond acceptors (Lipinski definition) is 6. The molecule has 0 bridgehead atoms. The average Bonchev–Trinajstić information content (AvgIpc) is 3.20. The maximum Gasteiger partial charge on any atom is 0.249 e. The summed E-state index contributed by atoms with van der Waals surface area (Å²) in [6, 6.07) is -0.699. The van der Waals surface area contributed by atoms with E-state index in [2.05, 4.69) is 26.0 Å². The van der Waals surface area contributed by atoms with Crippen molar-refractivity contribution in [2.75, 3.05) is 25.2 Å². The second-order valence-electron chi connectivity index (χ2n) is 5.31. The highest BCUT2D eigenvalue weighted by Crippen LogP contribution is 2.30. The standard InChI is InChI=1S/C13H16BrN5O3S2/c1-3-17(2)13(20)10-7-23-8-19(10)24(21,22)11-5-16-18-6-9(14)4-15-12(11)18/h4-6,10H,3,7-8H2,1-2H3. The number of carbonyl (C=O) groups excluding carboxylic acids is 1. The van der Waals surface area contributed by atoms with E-state index in [1.54, 1.807) is 13.2 Å². The Kier molecular flexibility index (Phi) is 4.87. The number of aromatic nitrogens is 3. The third kappa shape index (κ3) is 2.93. The third-order valence-electron chi connectivity index (χ3n) is 3.86. The van der Waals surface area contributed by atoms with Gasteiger partial charge in [-0.15, -0.1) is 11.8 Å². The van der Waals surface area contributed by atoms with E-state index in [9.17, 15) is 13.2 Å². The van der Waals surface area contributed by atoms with Crippen LogP contribution in [-0.4, -0.2) is 69.4 Å². The average molecular weight is 434 g/mol. The van der Waals surface area contributed by atoms with Crippen LogP contribution in [0.2, 0.25) is 0 Å². The first kappa shape index (κ1) is 17.6. The van der Waals surface area contributed by atoms with Crippen molar-refractivity contribution in [3.63, 3.8) is 0 Å². The lowest BCUT2D eigenvalue weighted by Crippen LogP contribution is -2.47. The van der Waals surface area contributed by atoms with Crippen molar-refractivity contribution in [2.45, 2.75) is 17.9 Å². The molecule has 24 heavy (non-hydrogen) atoms. The minimum atomic E-state index is -3.87. The first-order valence-corrected chi connectivity index (χ1v) is 10.6. The lowest BCUT2D eigenvalue weighted by molar-refractivity contribution is -0.132. The molecule has 0 aliphatic carbocycles. The topological polar surface area (TPSA) is 87.9 Å². The van der Waals surface area contributed by atoms with Gasteiger partial charge in [-0.2, -0.15) is 9.40 Å². The van der Waals surface area contributed by atoms with E-state index in [1.165, 1.54) is 37.9 Å². The molecule has 2 aromatic heterocycles. The highest BCUT2D eigenvalue weighted by atomic mass is 79.9. The van der Waals surface area contributed by atoms with Crippen molar-refractivity contribution in [3.8, 4) is 0 Å². The molecule has 11 heteroatoms. The second kappa shape index (κ2) is 6.62. The maximum atomic E-state index is 13.1.